The minimum absolute atomic E-state index is 0.00613. The molecule has 1 aliphatic rings. The second-order valence-electron chi connectivity index (χ2n) is 6.60. The SMILES string of the molecule is CC(C)(c1ccccc1)c1ccc(O[C@@H]2CCCNC2)cc1. The molecule has 0 aromatic heterocycles. The lowest BCUT2D eigenvalue weighted by Gasteiger charge is -2.27. The Hall–Kier alpha value is -1.80. The molecule has 1 fully saturated rings. The molecular weight excluding hydrogens is 270 g/mol. The van der Waals surface area contributed by atoms with Crippen molar-refractivity contribution in [2.75, 3.05) is 13.1 Å². The van der Waals surface area contributed by atoms with Crippen molar-refractivity contribution in [3.05, 3.63) is 65.7 Å². The highest BCUT2D eigenvalue weighted by Crippen LogP contribution is 2.32. The number of hydrogen-bond acceptors (Lipinski definition) is 2. The van der Waals surface area contributed by atoms with Crippen LogP contribution in [0.2, 0.25) is 0 Å². The van der Waals surface area contributed by atoms with Crippen LogP contribution in [-0.4, -0.2) is 19.2 Å². The van der Waals surface area contributed by atoms with Gasteiger partial charge in [0.05, 0.1) is 0 Å². The summed E-state index contributed by atoms with van der Waals surface area (Å²) in [6.45, 7) is 6.60. The molecule has 0 radical (unpaired) electrons. The molecule has 2 nitrogen and oxygen atoms in total. The second kappa shape index (κ2) is 6.53. The van der Waals surface area contributed by atoms with Crippen LogP contribution in [0.4, 0.5) is 0 Å². The third-order valence-electron chi connectivity index (χ3n) is 4.63. The first-order valence-electron chi connectivity index (χ1n) is 8.20. The van der Waals surface area contributed by atoms with Crippen molar-refractivity contribution in [1.82, 2.24) is 5.32 Å². The molecule has 0 unspecified atom stereocenters. The summed E-state index contributed by atoms with van der Waals surface area (Å²) < 4.78 is 6.07. The van der Waals surface area contributed by atoms with E-state index in [0.29, 0.717) is 6.10 Å². The summed E-state index contributed by atoms with van der Waals surface area (Å²) >= 11 is 0. The molecule has 0 bridgehead atoms. The third kappa shape index (κ3) is 3.33. The number of ether oxygens (including phenoxy) is 1. The van der Waals surface area contributed by atoms with Gasteiger partial charge >= 0.3 is 0 Å². The lowest BCUT2D eigenvalue weighted by Crippen LogP contribution is -2.37. The predicted octanol–water partition coefficient (Wildman–Crippen LogP) is 4.14. The van der Waals surface area contributed by atoms with E-state index < -0.39 is 0 Å². The largest absolute Gasteiger partial charge is 0.489 e. The number of piperidine rings is 1. The van der Waals surface area contributed by atoms with E-state index in [1.165, 1.54) is 17.5 Å². The zero-order valence-corrected chi connectivity index (χ0v) is 13.5. The van der Waals surface area contributed by atoms with Crippen LogP contribution in [0.5, 0.6) is 5.75 Å². The van der Waals surface area contributed by atoms with Crippen LogP contribution in [0.3, 0.4) is 0 Å². The number of nitrogens with one attached hydrogen (secondary N) is 1. The second-order valence-corrected chi connectivity index (χ2v) is 6.60. The molecular formula is C20H25NO. The van der Waals surface area contributed by atoms with Crippen molar-refractivity contribution in [2.45, 2.75) is 38.2 Å². The minimum atomic E-state index is 0.00613. The molecule has 1 atom stereocenters. The quantitative estimate of drug-likeness (QED) is 0.915. The van der Waals surface area contributed by atoms with Crippen LogP contribution in [0, 0.1) is 0 Å². The summed E-state index contributed by atoms with van der Waals surface area (Å²) in [5.41, 5.74) is 2.65. The van der Waals surface area contributed by atoms with Crippen molar-refractivity contribution in [2.24, 2.45) is 0 Å². The molecule has 1 N–H and O–H groups in total. The van der Waals surface area contributed by atoms with E-state index in [1.807, 2.05) is 0 Å². The van der Waals surface area contributed by atoms with Crippen LogP contribution in [0.1, 0.15) is 37.8 Å². The predicted molar refractivity (Wildman–Crippen MR) is 91.5 cm³/mol. The van der Waals surface area contributed by atoms with Crippen LogP contribution in [0.15, 0.2) is 54.6 Å². The Morgan fingerprint density at radius 3 is 2.27 bits per heavy atom. The van der Waals surface area contributed by atoms with Gasteiger partial charge in [-0.25, -0.2) is 0 Å². The van der Waals surface area contributed by atoms with Gasteiger partial charge in [0, 0.05) is 12.0 Å². The highest BCUT2D eigenvalue weighted by atomic mass is 16.5. The summed E-state index contributed by atoms with van der Waals surface area (Å²) in [7, 11) is 0. The maximum absolute atomic E-state index is 6.07. The van der Waals surface area contributed by atoms with E-state index in [-0.39, 0.29) is 5.41 Å². The van der Waals surface area contributed by atoms with E-state index in [1.54, 1.807) is 0 Å². The van der Waals surface area contributed by atoms with Gasteiger partial charge in [0.25, 0.3) is 0 Å². The Labute approximate surface area is 133 Å². The smallest absolute Gasteiger partial charge is 0.119 e. The Balaban J connectivity index is 1.73. The van der Waals surface area contributed by atoms with E-state index in [4.69, 9.17) is 4.74 Å². The standard InChI is InChI=1S/C20H25NO/c1-20(2,16-7-4-3-5-8-16)17-10-12-18(13-11-17)22-19-9-6-14-21-15-19/h3-5,7-8,10-13,19,21H,6,9,14-15H2,1-2H3/t19-/m1/s1. The number of benzene rings is 2. The van der Waals surface area contributed by atoms with Gasteiger partial charge < -0.3 is 10.1 Å². The lowest BCUT2D eigenvalue weighted by molar-refractivity contribution is 0.167. The van der Waals surface area contributed by atoms with Crippen LogP contribution < -0.4 is 10.1 Å². The fraction of sp³-hybridized carbons (Fsp3) is 0.400. The van der Waals surface area contributed by atoms with E-state index in [9.17, 15) is 0 Å². The average Bonchev–Trinajstić information content (AvgIpc) is 2.57. The molecule has 2 heteroatoms. The number of rotatable bonds is 4. The van der Waals surface area contributed by atoms with Crippen molar-refractivity contribution in [3.8, 4) is 5.75 Å². The Bertz CT molecular complexity index is 583. The average molecular weight is 295 g/mol. The fourth-order valence-corrected chi connectivity index (χ4v) is 3.08. The van der Waals surface area contributed by atoms with Crippen molar-refractivity contribution < 1.29 is 4.74 Å². The molecule has 116 valence electrons. The first-order valence-corrected chi connectivity index (χ1v) is 8.20. The zero-order valence-electron chi connectivity index (χ0n) is 13.5. The van der Waals surface area contributed by atoms with Crippen molar-refractivity contribution in [1.29, 1.82) is 0 Å². The summed E-state index contributed by atoms with van der Waals surface area (Å²) in [4.78, 5) is 0. The Kier molecular flexibility index (Phi) is 4.49. The van der Waals surface area contributed by atoms with Gasteiger partial charge in [0.15, 0.2) is 0 Å². The normalized spacial score (nSPS) is 18.9. The summed E-state index contributed by atoms with van der Waals surface area (Å²) in [5.74, 6) is 0.973. The molecule has 1 saturated heterocycles. The first-order chi connectivity index (χ1) is 10.7. The van der Waals surface area contributed by atoms with Gasteiger partial charge in [-0.2, -0.15) is 0 Å². The molecule has 0 amide bonds. The van der Waals surface area contributed by atoms with E-state index in [0.717, 1.165) is 25.3 Å². The maximum Gasteiger partial charge on any atom is 0.119 e. The molecule has 2 aromatic rings. The minimum Gasteiger partial charge on any atom is -0.489 e. The third-order valence-corrected chi connectivity index (χ3v) is 4.63. The van der Waals surface area contributed by atoms with Gasteiger partial charge in [-0.05, 0) is 42.6 Å². The highest BCUT2D eigenvalue weighted by molar-refractivity contribution is 5.39. The summed E-state index contributed by atoms with van der Waals surface area (Å²) in [6, 6.07) is 19.3. The van der Waals surface area contributed by atoms with Crippen LogP contribution in [0.25, 0.3) is 0 Å². The van der Waals surface area contributed by atoms with Gasteiger partial charge in [-0.3, -0.25) is 0 Å². The van der Waals surface area contributed by atoms with Gasteiger partial charge in [0.1, 0.15) is 11.9 Å². The Morgan fingerprint density at radius 2 is 1.64 bits per heavy atom. The van der Waals surface area contributed by atoms with Crippen molar-refractivity contribution in [3.63, 3.8) is 0 Å². The zero-order chi connectivity index (χ0) is 15.4. The van der Waals surface area contributed by atoms with Crippen LogP contribution >= 0.6 is 0 Å². The lowest BCUT2D eigenvalue weighted by atomic mass is 9.78. The molecule has 0 aliphatic carbocycles. The maximum atomic E-state index is 6.07. The molecule has 1 heterocycles. The molecule has 1 aliphatic heterocycles. The topological polar surface area (TPSA) is 21.3 Å². The number of hydrogen-bond donors (Lipinski definition) is 1. The van der Waals surface area contributed by atoms with E-state index in [2.05, 4.69) is 73.8 Å². The monoisotopic (exact) mass is 295 g/mol. The van der Waals surface area contributed by atoms with Gasteiger partial charge in [0.2, 0.25) is 0 Å². The molecule has 2 aromatic carbocycles. The first kappa shape index (κ1) is 15.1. The molecule has 3 rings (SSSR count). The Morgan fingerprint density at radius 1 is 0.955 bits per heavy atom. The van der Waals surface area contributed by atoms with Crippen molar-refractivity contribution >= 4 is 0 Å². The molecule has 0 saturated carbocycles. The van der Waals surface area contributed by atoms with Crippen LogP contribution in [-0.2, 0) is 5.41 Å². The summed E-state index contributed by atoms with van der Waals surface area (Å²) in [6.07, 6.45) is 2.65. The fourth-order valence-electron chi connectivity index (χ4n) is 3.08. The summed E-state index contributed by atoms with van der Waals surface area (Å²) in [5, 5.41) is 3.39. The molecule has 0 spiro atoms. The van der Waals surface area contributed by atoms with E-state index >= 15 is 0 Å². The highest BCUT2D eigenvalue weighted by Gasteiger charge is 2.23. The van der Waals surface area contributed by atoms with Gasteiger partial charge in [-0.1, -0.05) is 56.3 Å². The molecule has 22 heavy (non-hydrogen) atoms. The van der Waals surface area contributed by atoms with Gasteiger partial charge in [-0.15, -0.1) is 0 Å².